The molecule has 2 unspecified atom stereocenters. The van der Waals surface area contributed by atoms with E-state index in [4.69, 9.17) is 4.74 Å². The lowest BCUT2D eigenvalue weighted by molar-refractivity contribution is -0.123. The lowest BCUT2D eigenvalue weighted by Crippen LogP contribution is -2.42. The molecule has 94 valence electrons. The van der Waals surface area contributed by atoms with Crippen LogP contribution in [0.15, 0.2) is 0 Å². The Morgan fingerprint density at radius 1 is 1.44 bits per heavy atom. The highest BCUT2D eigenvalue weighted by molar-refractivity contribution is 5.77. The van der Waals surface area contributed by atoms with Crippen molar-refractivity contribution in [3.8, 4) is 0 Å². The lowest BCUT2D eigenvalue weighted by Gasteiger charge is -2.28. The first kappa shape index (κ1) is 13.5. The second kappa shape index (κ2) is 6.86. The van der Waals surface area contributed by atoms with Gasteiger partial charge in [0.15, 0.2) is 0 Å². The summed E-state index contributed by atoms with van der Waals surface area (Å²) in [5.41, 5.74) is 0. The van der Waals surface area contributed by atoms with E-state index in [2.05, 4.69) is 17.6 Å². The van der Waals surface area contributed by atoms with Gasteiger partial charge in [-0.3, -0.25) is 4.79 Å². The van der Waals surface area contributed by atoms with Crippen LogP contribution in [-0.2, 0) is 9.53 Å². The summed E-state index contributed by atoms with van der Waals surface area (Å²) in [5, 5.41) is 6.35. The van der Waals surface area contributed by atoms with E-state index in [9.17, 15) is 4.79 Å². The first-order valence-electron chi connectivity index (χ1n) is 6.22. The minimum Gasteiger partial charge on any atom is -0.378 e. The summed E-state index contributed by atoms with van der Waals surface area (Å²) >= 11 is 0. The van der Waals surface area contributed by atoms with Gasteiger partial charge in [0.05, 0.1) is 6.10 Å². The van der Waals surface area contributed by atoms with Crippen LogP contribution in [0.25, 0.3) is 0 Å². The highest BCUT2D eigenvalue weighted by Crippen LogP contribution is 2.12. The van der Waals surface area contributed by atoms with Gasteiger partial charge in [-0.25, -0.2) is 0 Å². The molecular formula is C12H24N2O2. The average Bonchev–Trinajstić information content (AvgIpc) is 2.24. The van der Waals surface area contributed by atoms with Crippen LogP contribution in [0.1, 0.15) is 33.6 Å². The van der Waals surface area contributed by atoms with E-state index in [0.717, 1.165) is 26.0 Å². The van der Waals surface area contributed by atoms with Crippen LogP contribution in [0, 0.1) is 5.92 Å². The van der Waals surface area contributed by atoms with Crippen molar-refractivity contribution in [2.75, 3.05) is 19.7 Å². The fraction of sp³-hybridized carbons (Fsp3) is 0.917. The summed E-state index contributed by atoms with van der Waals surface area (Å²) in [7, 11) is 0. The number of ether oxygens (including phenoxy) is 1. The first-order valence-corrected chi connectivity index (χ1v) is 6.22. The monoisotopic (exact) mass is 228 g/mol. The number of amides is 1. The SMILES string of the molecule is CC1CC(NCCNC(=O)C(C)C)CCO1. The van der Waals surface area contributed by atoms with E-state index in [1.54, 1.807) is 0 Å². The van der Waals surface area contributed by atoms with Crippen molar-refractivity contribution in [3.63, 3.8) is 0 Å². The molecule has 1 rings (SSSR count). The van der Waals surface area contributed by atoms with Crippen molar-refractivity contribution in [2.24, 2.45) is 5.92 Å². The number of hydrogen-bond acceptors (Lipinski definition) is 3. The van der Waals surface area contributed by atoms with Gasteiger partial charge < -0.3 is 15.4 Å². The maximum atomic E-state index is 11.3. The van der Waals surface area contributed by atoms with Crippen LogP contribution in [0.3, 0.4) is 0 Å². The zero-order valence-corrected chi connectivity index (χ0v) is 10.6. The molecule has 2 N–H and O–H groups in total. The summed E-state index contributed by atoms with van der Waals surface area (Å²) in [5.74, 6) is 0.199. The van der Waals surface area contributed by atoms with Gasteiger partial charge in [0, 0.05) is 31.7 Å². The third kappa shape index (κ3) is 4.94. The Bertz CT molecular complexity index is 219. The molecule has 1 saturated heterocycles. The molecule has 2 atom stereocenters. The van der Waals surface area contributed by atoms with E-state index in [-0.39, 0.29) is 11.8 Å². The Labute approximate surface area is 98.1 Å². The largest absolute Gasteiger partial charge is 0.378 e. The Kier molecular flexibility index (Phi) is 5.77. The van der Waals surface area contributed by atoms with Gasteiger partial charge in [-0.1, -0.05) is 13.8 Å². The van der Waals surface area contributed by atoms with Crippen molar-refractivity contribution in [1.29, 1.82) is 0 Å². The van der Waals surface area contributed by atoms with Gasteiger partial charge in [-0.2, -0.15) is 0 Å². The van der Waals surface area contributed by atoms with Gasteiger partial charge >= 0.3 is 0 Å². The number of hydrogen-bond donors (Lipinski definition) is 2. The summed E-state index contributed by atoms with van der Waals surface area (Å²) in [4.78, 5) is 11.3. The number of carbonyl (C=O) groups is 1. The number of nitrogens with one attached hydrogen (secondary N) is 2. The molecule has 1 aliphatic rings. The Morgan fingerprint density at radius 2 is 2.19 bits per heavy atom. The van der Waals surface area contributed by atoms with Crippen molar-refractivity contribution < 1.29 is 9.53 Å². The maximum Gasteiger partial charge on any atom is 0.222 e. The molecule has 1 heterocycles. The van der Waals surface area contributed by atoms with Gasteiger partial charge in [0.25, 0.3) is 0 Å². The summed E-state index contributed by atoms with van der Waals surface area (Å²) in [6, 6.07) is 0.541. The van der Waals surface area contributed by atoms with Gasteiger partial charge in [0.1, 0.15) is 0 Å². The van der Waals surface area contributed by atoms with Crippen LogP contribution in [-0.4, -0.2) is 37.7 Å². The molecule has 1 aliphatic heterocycles. The van der Waals surface area contributed by atoms with E-state index in [0.29, 0.717) is 18.7 Å². The molecule has 0 saturated carbocycles. The molecule has 0 radical (unpaired) electrons. The second-order valence-electron chi connectivity index (χ2n) is 4.80. The van der Waals surface area contributed by atoms with Crippen LogP contribution in [0.5, 0.6) is 0 Å². The van der Waals surface area contributed by atoms with E-state index < -0.39 is 0 Å². The van der Waals surface area contributed by atoms with Crippen LogP contribution in [0.2, 0.25) is 0 Å². The highest BCUT2D eigenvalue weighted by atomic mass is 16.5. The van der Waals surface area contributed by atoms with E-state index in [1.807, 2.05) is 13.8 Å². The fourth-order valence-corrected chi connectivity index (χ4v) is 1.85. The predicted octanol–water partition coefficient (Wildman–Crippen LogP) is 0.916. The van der Waals surface area contributed by atoms with Crippen molar-refractivity contribution in [3.05, 3.63) is 0 Å². The molecule has 0 aliphatic carbocycles. The highest BCUT2D eigenvalue weighted by Gasteiger charge is 2.18. The predicted molar refractivity (Wildman–Crippen MR) is 64.3 cm³/mol. The smallest absolute Gasteiger partial charge is 0.222 e. The minimum atomic E-state index is 0.0723. The zero-order valence-electron chi connectivity index (χ0n) is 10.6. The summed E-state index contributed by atoms with van der Waals surface area (Å²) < 4.78 is 5.47. The topological polar surface area (TPSA) is 50.4 Å². The molecule has 0 bridgehead atoms. The molecule has 0 spiro atoms. The Balaban J connectivity index is 2.04. The maximum absolute atomic E-state index is 11.3. The number of carbonyl (C=O) groups excluding carboxylic acids is 1. The molecule has 0 aromatic carbocycles. The second-order valence-corrected chi connectivity index (χ2v) is 4.80. The molecule has 1 fully saturated rings. The zero-order chi connectivity index (χ0) is 12.0. The third-order valence-corrected chi connectivity index (χ3v) is 2.87. The van der Waals surface area contributed by atoms with E-state index >= 15 is 0 Å². The Hall–Kier alpha value is -0.610. The molecule has 1 amide bonds. The summed E-state index contributed by atoms with van der Waals surface area (Å²) in [6.45, 7) is 8.32. The molecule has 16 heavy (non-hydrogen) atoms. The number of rotatable bonds is 5. The minimum absolute atomic E-state index is 0.0723. The lowest BCUT2D eigenvalue weighted by atomic mass is 10.0. The van der Waals surface area contributed by atoms with Gasteiger partial charge in [-0.05, 0) is 19.8 Å². The third-order valence-electron chi connectivity index (χ3n) is 2.87. The molecular weight excluding hydrogens is 204 g/mol. The standard InChI is InChI=1S/C12H24N2O2/c1-9(2)12(15)14-6-5-13-11-4-7-16-10(3)8-11/h9-11,13H,4-8H2,1-3H3,(H,14,15). The van der Waals surface area contributed by atoms with Crippen molar-refractivity contribution in [2.45, 2.75) is 45.8 Å². The van der Waals surface area contributed by atoms with Crippen molar-refractivity contribution in [1.82, 2.24) is 10.6 Å². The van der Waals surface area contributed by atoms with Crippen LogP contribution >= 0.6 is 0 Å². The normalized spacial score (nSPS) is 25.8. The average molecular weight is 228 g/mol. The summed E-state index contributed by atoms with van der Waals surface area (Å²) in [6.07, 6.45) is 2.50. The first-order chi connectivity index (χ1) is 7.59. The van der Waals surface area contributed by atoms with Crippen LogP contribution in [0.4, 0.5) is 0 Å². The van der Waals surface area contributed by atoms with E-state index in [1.165, 1.54) is 0 Å². The quantitative estimate of drug-likeness (QED) is 0.688. The molecule has 0 aromatic rings. The van der Waals surface area contributed by atoms with Crippen molar-refractivity contribution >= 4 is 5.91 Å². The van der Waals surface area contributed by atoms with Gasteiger partial charge in [0.2, 0.25) is 5.91 Å². The van der Waals surface area contributed by atoms with Crippen LogP contribution < -0.4 is 10.6 Å². The Morgan fingerprint density at radius 3 is 2.81 bits per heavy atom. The molecule has 4 nitrogen and oxygen atoms in total. The molecule has 0 aromatic heterocycles. The molecule has 4 heteroatoms. The fourth-order valence-electron chi connectivity index (χ4n) is 1.85. The van der Waals surface area contributed by atoms with Gasteiger partial charge in [-0.15, -0.1) is 0 Å².